The molecule has 3 atom stereocenters. The second-order valence-corrected chi connectivity index (χ2v) is 6.83. The molecule has 2 amide bonds. The van der Waals surface area contributed by atoms with Crippen LogP contribution in [0, 0.1) is 11.8 Å². The lowest BCUT2D eigenvalue weighted by molar-refractivity contribution is -0.136. The minimum Gasteiger partial charge on any atom is -0.383 e. The molecule has 0 saturated heterocycles. The molecule has 0 spiro atoms. The molecule has 0 aromatic carbocycles. The van der Waals surface area contributed by atoms with Gasteiger partial charge in [-0.3, -0.25) is 9.59 Å². The van der Waals surface area contributed by atoms with Gasteiger partial charge in [-0.2, -0.15) is 0 Å². The van der Waals surface area contributed by atoms with Gasteiger partial charge in [0.25, 0.3) is 0 Å². The van der Waals surface area contributed by atoms with Crippen LogP contribution in [0.5, 0.6) is 0 Å². The summed E-state index contributed by atoms with van der Waals surface area (Å²) >= 11 is 0. The first-order valence-electron chi connectivity index (χ1n) is 8.63. The number of nitrogens with one attached hydrogen (secondary N) is 1. The van der Waals surface area contributed by atoms with Gasteiger partial charge in [0.15, 0.2) is 0 Å². The maximum atomic E-state index is 12.5. The van der Waals surface area contributed by atoms with Gasteiger partial charge in [0.2, 0.25) is 11.8 Å². The number of rotatable bonds is 6. The number of carbonyl (C=O) groups is 2. The van der Waals surface area contributed by atoms with E-state index in [0.29, 0.717) is 25.6 Å². The first-order chi connectivity index (χ1) is 11.5. The molecule has 7 nitrogen and oxygen atoms in total. The van der Waals surface area contributed by atoms with Gasteiger partial charge < -0.3 is 19.5 Å². The fourth-order valence-corrected chi connectivity index (χ4v) is 3.33. The molecule has 1 fully saturated rings. The number of fused-ring (bicyclic) bond motifs is 1. The Morgan fingerprint density at radius 1 is 1.38 bits per heavy atom. The third kappa shape index (κ3) is 3.45. The van der Waals surface area contributed by atoms with Crippen molar-refractivity contribution in [2.75, 3.05) is 26.8 Å². The molecule has 132 valence electrons. The van der Waals surface area contributed by atoms with Crippen LogP contribution in [0.3, 0.4) is 0 Å². The molecule has 2 aliphatic rings. The first-order valence-corrected chi connectivity index (χ1v) is 8.63. The molecule has 0 bridgehead atoms. The number of nitrogens with zero attached hydrogens (tertiary/aromatic N) is 3. The summed E-state index contributed by atoms with van der Waals surface area (Å²) in [5.41, 5.74) is 0.751. The van der Waals surface area contributed by atoms with Crippen molar-refractivity contribution in [1.29, 1.82) is 0 Å². The zero-order chi connectivity index (χ0) is 17.3. The van der Waals surface area contributed by atoms with Crippen LogP contribution in [0.25, 0.3) is 0 Å². The number of imidazole rings is 1. The first kappa shape index (κ1) is 17.0. The van der Waals surface area contributed by atoms with Gasteiger partial charge in [0, 0.05) is 38.9 Å². The number of carbonyl (C=O) groups excluding carboxylic acids is 2. The summed E-state index contributed by atoms with van der Waals surface area (Å²) in [4.78, 5) is 31.0. The van der Waals surface area contributed by atoms with Crippen molar-refractivity contribution in [2.24, 2.45) is 11.8 Å². The predicted octanol–water partition coefficient (Wildman–Crippen LogP) is 0.747. The van der Waals surface area contributed by atoms with E-state index in [4.69, 9.17) is 4.74 Å². The van der Waals surface area contributed by atoms with E-state index in [1.165, 1.54) is 0 Å². The zero-order valence-corrected chi connectivity index (χ0v) is 14.6. The van der Waals surface area contributed by atoms with Crippen LogP contribution in [0.4, 0.5) is 0 Å². The van der Waals surface area contributed by atoms with E-state index in [9.17, 15) is 9.59 Å². The highest BCUT2D eigenvalue weighted by molar-refractivity contribution is 5.82. The molecule has 2 heterocycles. The Balaban J connectivity index is 1.63. The van der Waals surface area contributed by atoms with Crippen molar-refractivity contribution in [1.82, 2.24) is 19.8 Å². The van der Waals surface area contributed by atoms with Crippen molar-refractivity contribution >= 4 is 11.8 Å². The van der Waals surface area contributed by atoms with Crippen LogP contribution in [0.15, 0.2) is 6.20 Å². The van der Waals surface area contributed by atoms with Gasteiger partial charge in [0.05, 0.1) is 24.8 Å². The maximum absolute atomic E-state index is 12.5. The quantitative estimate of drug-likeness (QED) is 0.779. The van der Waals surface area contributed by atoms with Crippen LogP contribution < -0.4 is 5.32 Å². The molecule has 3 rings (SSSR count). The van der Waals surface area contributed by atoms with Crippen LogP contribution in [-0.4, -0.2) is 53.1 Å². The average molecular weight is 334 g/mol. The highest BCUT2D eigenvalue weighted by Gasteiger charge is 2.43. The number of hydrogen-bond acceptors (Lipinski definition) is 4. The summed E-state index contributed by atoms with van der Waals surface area (Å²) in [7, 11) is 1.60. The van der Waals surface area contributed by atoms with E-state index in [1.54, 1.807) is 7.11 Å². The summed E-state index contributed by atoms with van der Waals surface area (Å²) in [6, 6.07) is -0.0376. The fraction of sp³-hybridized carbons (Fsp3) is 0.706. The molecular weight excluding hydrogens is 308 g/mol. The van der Waals surface area contributed by atoms with E-state index >= 15 is 0 Å². The molecule has 1 aromatic rings. The predicted molar refractivity (Wildman–Crippen MR) is 88.2 cm³/mol. The Hall–Kier alpha value is -1.89. The molecule has 0 unspecified atom stereocenters. The molecule has 1 aliphatic heterocycles. The van der Waals surface area contributed by atoms with Gasteiger partial charge in [-0.05, 0) is 19.3 Å². The van der Waals surface area contributed by atoms with Gasteiger partial charge in [0.1, 0.15) is 5.82 Å². The van der Waals surface area contributed by atoms with Crippen molar-refractivity contribution in [3.05, 3.63) is 17.7 Å². The van der Waals surface area contributed by atoms with Gasteiger partial charge in [-0.25, -0.2) is 4.98 Å². The summed E-state index contributed by atoms with van der Waals surface area (Å²) in [5.74, 6) is 1.78. The van der Waals surface area contributed by atoms with Gasteiger partial charge in [-0.15, -0.1) is 0 Å². The van der Waals surface area contributed by atoms with E-state index in [0.717, 1.165) is 24.5 Å². The SMILES string of the molecule is COCCNC(=O)Cc1cn2c(n1)[C@H](C)N(C(=O)[C@H]1C[C@H]1C)CC2. The lowest BCUT2D eigenvalue weighted by Gasteiger charge is -2.34. The lowest BCUT2D eigenvalue weighted by atomic mass is 10.1. The van der Waals surface area contributed by atoms with Crippen LogP contribution >= 0.6 is 0 Å². The molecular formula is C17H26N4O3. The van der Waals surface area contributed by atoms with Crippen LogP contribution in [0.1, 0.15) is 37.8 Å². The molecule has 0 radical (unpaired) electrons. The molecule has 1 aliphatic carbocycles. The van der Waals surface area contributed by atoms with Crippen molar-refractivity contribution in [2.45, 2.75) is 39.3 Å². The van der Waals surface area contributed by atoms with Gasteiger partial charge in [-0.1, -0.05) is 6.92 Å². The number of methoxy groups -OCH3 is 1. The van der Waals surface area contributed by atoms with Crippen LogP contribution in [-0.2, 0) is 27.3 Å². The Kier molecular flexibility index (Phi) is 4.89. The van der Waals surface area contributed by atoms with E-state index < -0.39 is 0 Å². The largest absolute Gasteiger partial charge is 0.383 e. The Morgan fingerprint density at radius 3 is 2.79 bits per heavy atom. The smallest absolute Gasteiger partial charge is 0.226 e. The van der Waals surface area contributed by atoms with Crippen molar-refractivity contribution < 1.29 is 14.3 Å². The summed E-state index contributed by atoms with van der Waals surface area (Å²) < 4.78 is 6.99. The van der Waals surface area contributed by atoms with E-state index in [1.807, 2.05) is 18.0 Å². The standard InChI is InChI=1S/C17H26N4O3/c1-11-8-14(11)17(23)21-6-5-20-10-13(19-16(20)12(21)2)9-15(22)18-4-7-24-3/h10-12,14H,4-9H2,1-3H3,(H,18,22)/t11-,12+,14+/m1/s1. The van der Waals surface area contributed by atoms with Crippen LogP contribution in [0.2, 0.25) is 0 Å². The second-order valence-electron chi connectivity index (χ2n) is 6.83. The lowest BCUT2D eigenvalue weighted by Crippen LogP contribution is -2.42. The fourth-order valence-electron chi connectivity index (χ4n) is 3.33. The highest BCUT2D eigenvalue weighted by Crippen LogP contribution is 2.41. The molecule has 24 heavy (non-hydrogen) atoms. The summed E-state index contributed by atoms with van der Waals surface area (Å²) in [6.45, 7) is 6.60. The number of ether oxygens (including phenoxy) is 1. The molecule has 7 heteroatoms. The number of hydrogen-bond donors (Lipinski definition) is 1. The van der Waals surface area contributed by atoms with Crippen molar-refractivity contribution in [3.8, 4) is 0 Å². The van der Waals surface area contributed by atoms with E-state index in [2.05, 4.69) is 21.8 Å². The maximum Gasteiger partial charge on any atom is 0.226 e. The highest BCUT2D eigenvalue weighted by atomic mass is 16.5. The second kappa shape index (κ2) is 6.93. The third-order valence-corrected chi connectivity index (χ3v) is 4.96. The molecule has 1 aromatic heterocycles. The Bertz CT molecular complexity index is 627. The Labute approximate surface area is 142 Å². The topological polar surface area (TPSA) is 76.5 Å². The Morgan fingerprint density at radius 2 is 2.12 bits per heavy atom. The molecule has 1 saturated carbocycles. The normalized spacial score (nSPS) is 25.3. The third-order valence-electron chi connectivity index (χ3n) is 4.96. The average Bonchev–Trinajstić information content (AvgIpc) is 3.12. The number of amides is 2. The molecule has 1 N–H and O–H groups in total. The summed E-state index contributed by atoms with van der Waals surface area (Å²) in [5, 5.41) is 2.80. The zero-order valence-electron chi connectivity index (χ0n) is 14.6. The number of aromatic nitrogens is 2. The monoisotopic (exact) mass is 334 g/mol. The van der Waals surface area contributed by atoms with E-state index in [-0.39, 0.29) is 30.2 Å². The minimum absolute atomic E-state index is 0.0376. The van der Waals surface area contributed by atoms with Gasteiger partial charge >= 0.3 is 0 Å². The van der Waals surface area contributed by atoms with Crippen molar-refractivity contribution in [3.63, 3.8) is 0 Å². The minimum atomic E-state index is -0.0603. The summed E-state index contributed by atoms with van der Waals surface area (Å²) in [6.07, 6.45) is 3.19.